The van der Waals surface area contributed by atoms with Gasteiger partial charge < -0.3 is 19.7 Å². The van der Waals surface area contributed by atoms with Crippen LogP contribution in [0, 0.1) is 11.8 Å². The Bertz CT molecular complexity index is 795. The number of carbonyl (C=O) groups excluding carboxylic acids is 3. The van der Waals surface area contributed by atoms with E-state index in [0.29, 0.717) is 36.9 Å². The Hall–Kier alpha value is -2.68. The summed E-state index contributed by atoms with van der Waals surface area (Å²) in [6.07, 6.45) is -0.142. The Morgan fingerprint density at radius 1 is 1.16 bits per heavy atom. The number of ether oxygens (including phenoxy) is 2. The van der Waals surface area contributed by atoms with Crippen molar-refractivity contribution in [3.8, 4) is 5.75 Å². The highest BCUT2D eigenvalue weighted by Gasteiger charge is 2.34. The third kappa shape index (κ3) is 7.82. The topological polar surface area (TPSA) is 97.0 Å². The summed E-state index contributed by atoms with van der Waals surface area (Å²) in [5, 5.41) is 5.48. The third-order valence-electron chi connectivity index (χ3n) is 4.45. The molecule has 2 N–H and O–H groups in total. The average Bonchev–Trinajstić information content (AvgIpc) is 2.72. The summed E-state index contributed by atoms with van der Waals surface area (Å²) in [7, 11) is 0. The van der Waals surface area contributed by atoms with E-state index in [2.05, 4.69) is 24.5 Å². The van der Waals surface area contributed by atoms with Crippen LogP contribution in [0.25, 0.3) is 0 Å². The van der Waals surface area contributed by atoms with Gasteiger partial charge in [-0.15, -0.1) is 0 Å². The van der Waals surface area contributed by atoms with Gasteiger partial charge in [-0.05, 0) is 48.3 Å². The van der Waals surface area contributed by atoms with Crippen LogP contribution in [0.4, 0.5) is 0 Å². The molecule has 1 aromatic carbocycles. The number of benzene rings is 1. The lowest BCUT2D eigenvalue weighted by Crippen LogP contribution is -2.60. The Kier molecular flexibility index (Phi) is 9.23. The van der Waals surface area contributed by atoms with E-state index < -0.39 is 17.9 Å². The van der Waals surface area contributed by atoms with Crippen LogP contribution < -0.4 is 15.4 Å². The van der Waals surface area contributed by atoms with E-state index in [-0.39, 0.29) is 30.0 Å². The molecule has 1 atom stereocenters. The fourth-order valence-corrected chi connectivity index (χ4v) is 3.15. The van der Waals surface area contributed by atoms with Crippen LogP contribution in [0.15, 0.2) is 24.3 Å². The van der Waals surface area contributed by atoms with Crippen molar-refractivity contribution in [2.75, 3.05) is 26.3 Å². The first kappa shape index (κ1) is 24.6. The number of hydrogen-bond acceptors (Lipinski definition) is 6. The van der Waals surface area contributed by atoms with Gasteiger partial charge in [-0.2, -0.15) is 0 Å². The highest BCUT2D eigenvalue weighted by Crippen LogP contribution is 2.15. The highest BCUT2D eigenvalue weighted by molar-refractivity contribution is 7.80. The standard InChI is InChI=1S/C22H31N3O5S/c1-14(2)12-29-17-7-5-16(6-8-17)20(27)24-22(31)25-10-9-23-21(28)18(25)11-19(26)30-13-15(3)4/h5-8,14-15,18H,9-13H2,1-4H3,(H,23,28)(H,24,27,31). The average molecular weight is 450 g/mol. The van der Waals surface area contributed by atoms with Crippen LogP contribution in [0.2, 0.25) is 0 Å². The molecule has 1 aliphatic rings. The molecular weight excluding hydrogens is 418 g/mol. The van der Waals surface area contributed by atoms with Crippen LogP contribution in [-0.2, 0) is 14.3 Å². The lowest BCUT2D eigenvalue weighted by molar-refractivity contribution is -0.148. The molecule has 1 unspecified atom stereocenters. The van der Waals surface area contributed by atoms with Gasteiger partial charge in [-0.3, -0.25) is 19.7 Å². The molecule has 1 fully saturated rings. The van der Waals surface area contributed by atoms with Crippen molar-refractivity contribution < 1.29 is 23.9 Å². The first-order chi connectivity index (χ1) is 14.7. The Morgan fingerprint density at radius 3 is 2.42 bits per heavy atom. The molecule has 0 aliphatic carbocycles. The molecule has 1 saturated heterocycles. The van der Waals surface area contributed by atoms with Gasteiger partial charge in [0.1, 0.15) is 11.8 Å². The minimum absolute atomic E-state index is 0.0987. The van der Waals surface area contributed by atoms with Gasteiger partial charge in [-0.1, -0.05) is 27.7 Å². The summed E-state index contributed by atoms with van der Waals surface area (Å²) in [5.41, 5.74) is 0.411. The summed E-state index contributed by atoms with van der Waals surface area (Å²) in [6.45, 7) is 9.60. The first-order valence-electron chi connectivity index (χ1n) is 10.5. The van der Waals surface area contributed by atoms with E-state index in [1.165, 1.54) is 0 Å². The van der Waals surface area contributed by atoms with Crippen molar-refractivity contribution in [1.82, 2.24) is 15.5 Å². The van der Waals surface area contributed by atoms with Crippen LogP contribution in [0.3, 0.4) is 0 Å². The van der Waals surface area contributed by atoms with Gasteiger partial charge >= 0.3 is 5.97 Å². The van der Waals surface area contributed by atoms with Crippen LogP contribution in [-0.4, -0.2) is 60.1 Å². The molecule has 0 saturated carbocycles. The largest absolute Gasteiger partial charge is 0.493 e. The first-order valence-corrected chi connectivity index (χ1v) is 10.9. The molecule has 0 aromatic heterocycles. The van der Waals surface area contributed by atoms with Crippen molar-refractivity contribution >= 4 is 35.1 Å². The molecule has 1 aromatic rings. The molecule has 0 radical (unpaired) electrons. The molecule has 9 heteroatoms. The second-order valence-corrected chi connectivity index (χ2v) is 8.66. The SMILES string of the molecule is CC(C)COC(=O)CC1C(=O)NCCN1C(=S)NC(=O)c1ccc(OCC(C)C)cc1. The van der Waals surface area contributed by atoms with Gasteiger partial charge in [-0.25, -0.2) is 0 Å². The fraction of sp³-hybridized carbons (Fsp3) is 0.545. The van der Waals surface area contributed by atoms with E-state index >= 15 is 0 Å². The predicted octanol–water partition coefficient (Wildman–Crippen LogP) is 2.13. The smallest absolute Gasteiger partial charge is 0.308 e. The van der Waals surface area contributed by atoms with Crippen molar-refractivity contribution in [2.24, 2.45) is 11.8 Å². The zero-order valence-corrected chi connectivity index (χ0v) is 19.3. The molecule has 0 spiro atoms. The molecular formula is C22H31N3O5S. The number of piperazine rings is 1. The number of amides is 2. The number of hydrogen-bond donors (Lipinski definition) is 2. The number of rotatable bonds is 8. The zero-order valence-electron chi connectivity index (χ0n) is 18.5. The summed E-state index contributed by atoms with van der Waals surface area (Å²) in [4.78, 5) is 38.6. The van der Waals surface area contributed by atoms with Gasteiger partial charge in [0.25, 0.3) is 5.91 Å². The van der Waals surface area contributed by atoms with E-state index in [9.17, 15) is 14.4 Å². The second kappa shape index (κ2) is 11.6. The molecule has 1 heterocycles. The molecule has 2 rings (SSSR count). The minimum Gasteiger partial charge on any atom is -0.493 e. The van der Waals surface area contributed by atoms with Gasteiger partial charge in [0, 0.05) is 18.7 Å². The maximum atomic E-state index is 12.6. The Labute approximate surface area is 188 Å². The molecule has 2 amide bonds. The zero-order chi connectivity index (χ0) is 23.0. The van der Waals surface area contributed by atoms with Crippen molar-refractivity contribution in [2.45, 2.75) is 40.2 Å². The lowest BCUT2D eigenvalue weighted by Gasteiger charge is -2.36. The number of nitrogens with zero attached hydrogens (tertiary/aromatic N) is 1. The summed E-state index contributed by atoms with van der Waals surface area (Å²) >= 11 is 5.37. The molecule has 170 valence electrons. The van der Waals surface area contributed by atoms with Gasteiger partial charge in [0.05, 0.1) is 19.6 Å². The fourth-order valence-electron chi connectivity index (χ4n) is 2.84. The number of esters is 1. The number of carbonyl (C=O) groups is 3. The lowest BCUT2D eigenvalue weighted by atomic mass is 10.1. The van der Waals surface area contributed by atoms with Crippen molar-refractivity contribution in [1.29, 1.82) is 0 Å². The third-order valence-corrected chi connectivity index (χ3v) is 4.79. The van der Waals surface area contributed by atoms with E-state index in [0.717, 1.165) is 0 Å². The quantitative estimate of drug-likeness (QED) is 0.464. The van der Waals surface area contributed by atoms with E-state index in [4.69, 9.17) is 21.7 Å². The molecule has 1 aliphatic heterocycles. The van der Waals surface area contributed by atoms with Crippen LogP contribution in [0.1, 0.15) is 44.5 Å². The van der Waals surface area contributed by atoms with E-state index in [1.807, 2.05) is 13.8 Å². The van der Waals surface area contributed by atoms with Gasteiger partial charge in [0.2, 0.25) is 5.91 Å². The van der Waals surface area contributed by atoms with Crippen LogP contribution >= 0.6 is 12.2 Å². The van der Waals surface area contributed by atoms with Crippen molar-refractivity contribution in [3.63, 3.8) is 0 Å². The monoisotopic (exact) mass is 449 g/mol. The maximum absolute atomic E-state index is 12.6. The molecule has 0 bridgehead atoms. The molecule has 31 heavy (non-hydrogen) atoms. The van der Waals surface area contributed by atoms with Gasteiger partial charge in [0.15, 0.2) is 5.11 Å². The van der Waals surface area contributed by atoms with E-state index in [1.54, 1.807) is 29.2 Å². The summed E-state index contributed by atoms with van der Waals surface area (Å²) in [6, 6.07) is 5.92. The number of thiocarbonyl (C=S) groups is 1. The summed E-state index contributed by atoms with van der Waals surface area (Å²) < 4.78 is 10.8. The summed E-state index contributed by atoms with van der Waals surface area (Å²) in [5.74, 6) is 0.0799. The maximum Gasteiger partial charge on any atom is 0.308 e. The predicted molar refractivity (Wildman–Crippen MR) is 121 cm³/mol. The highest BCUT2D eigenvalue weighted by atomic mass is 32.1. The normalized spacial score (nSPS) is 16.1. The Balaban J connectivity index is 1.98. The minimum atomic E-state index is -0.826. The van der Waals surface area contributed by atoms with Crippen molar-refractivity contribution in [3.05, 3.63) is 29.8 Å². The van der Waals surface area contributed by atoms with Crippen LogP contribution in [0.5, 0.6) is 5.75 Å². The number of nitrogens with one attached hydrogen (secondary N) is 2. The molecule has 8 nitrogen and oxygen atoms in total. The second-order valence-electron chi connectivity index (χ2n) is 8.27. The Morgan fingerprint density at radius 2 is 1.81 bits per heavy atom.